The summed E-state index contributed by atoms with van der Waals surface area (Å²) in [5.74, 6) is 0. The average molecular weight is 222 g/mol. The van der Waals surface area contributed by atoms with Crippen molar-refractivity contribution in [1.29, 1.82) is 0 Å². The van der Waals surface area contributed by atoms with Gasteiger partial charge in [-0.3, -0.25) is 0 Å². The first-order chi connectivity index (χ1) is 7.38. The lowest BCUT2D eigenvalue weighted by Gasteiger charge is -1.98. The highest BCUT2D eigenvalue weighted by atomic mass is 32.2. The number of nitrogens with two attached hydrogens (primary N) is 1. The van der Waals surface area contributed by atoms with E-state index in [0.717, 1.165) is 12.0 Å². The Morgan fingerprint density at radius 1 is 1.27 bits per heavy atom. The number of rotatable bonds is 4. The molecule has 6 heteroatoms. The topological polar surface area (TPSA) is 77.8 Å². The Bertz CT molecular complexity index is 401. The number of hydrogen-bond acceptors (Lipinski definition) is 6. The first-order valence-corrected chi connectivity index (χ1v) is 5.28. The van der Waals surface area contributed by atoms with Crippen LogP contribution >= 0.6 is 11.8 Å². The third-order valence-electron chi connectivity index (χ3n) is 1.70. The third-order valence-corrected chi connectivity index (χ3v) is 2.47. The van der Waals surface area contributed by atoms with Crippen LogP contribution in [0.5, 0.6) is 0 Å². The molecule has 0 unspecified atom stereocenters. The van der Waals surface area contributed by atoms with Crippen LogP contribution in [0, 0.1) is 0 Å². The second-order valence-corrected chi connectivity index (χ2v) is 3.73. The smallest absolute Gasteiger partial charge is 0.263 e. The molecule has 5 nitrogen and oxygen atoms in total. The van der Waals surface area contributed by atoms with Gasteiger partial charge in [0.2, 0.25) is 0 Å². The summed E-state index contributed by atoms with van der Waals surface area (Å²) in [6, 6.07) is 0. The van der Waals surface area contributed by atoms with Gasteiger partial charge in [0.05, 0.1) is 6.20 Å². The summed E-state index contributed by atoms with van der Waals surface area (Å²) >= 11 is 1.29. The van der Waals surface area contributed by atoms with Crippen LogP contribution in [-0.2, 0) is 6.42 Å². The molecule has 2 rings (SSSR count). The monoisotopic (exact) mass is 222 g/mol. The minimum atomic E-state index is 0.543. The van der Waals surface area contributed by atoms with Crippen molar-refractivity contribution in [3.63, 3.8) is 0 Å². The Morgan fingerprint density at radius 2 is 2.07 bits per heavy atom. The molecule has 15 heavy (non-hydrogen) atoms. The lowest BCUT2D eigenvalue weighted by molar-refractivity contribution is 0.453. The summed E-state index contributed by atoms with van der Waals surface area (Å²) in [7, 11) is 0. The summed E-state index contributed by atoms with van der Waals surface area (Å²) in [4.78, 5) is 12.3. The second-order valence-electron chi connectivity index (χ2n) is 2.81. The standard InChI is InChI=1S/C9H10N4OS/c10-2-1-7-5-12-8(13-6-7)15-9-11-3-4-14-9/h3-6H,1-2,10H2. The highest BCUT2D eigenvalue weighted by Crippen LogP contribution is 2.21. The third kappa shape index (κ3) is 2.77. The van der Waals surface area contributed by atoms with Crippen LogP contribution in [0.4, 0.5) is 0 Å². The lowest BCUT2D eigenvalue weighted by atomic mass is 10.2. The van der Waals surface area contributed by atoms with Crippen molar-refractivity contribution < 1.29 is 4.42 Å². The molecule has 0 radical (unpaired) electrons. The quantitative estimate of drug-likeness (QED) is 0.781. The zero-order chi connectivity index (χ0) is 10.5. The Balaban J connectivity index is 2.04. The van der Waals surface area contributed by atoms with Crippen molar-refractivity contribution >= 4 is 11.8 Å². The highest BCUT2D eigenvalue weighted by Gasteiger charge is 2.03. The minimum Gasteiger partial charge on any atom is -0.440 e. The molecule has 2 aromatic heterocycles. The molecule has 2 N–H and O–H groups in total. The molecule has 0 bridgehead atoms. The van der Waals surface area contributed by atoms with E-state index in [9.17, 15) is 0 Å². The molecule has 0 fully saturated rings. The van der Waals surface area contributed by atoms with Gasteiger partial charge in [-0.25, -0.2) is 15.0 Å². The van der Waals surface area contributed by atoms with Crippen molar-refractivity contribution in [2.24, 2.45) is 5.73 Å². The first kappa shape index (κ1) is 10.1. The Morgan fingerprint density at radius 3 is 2.67 bits per heavy atom. The molecule has 0 atom stereocenters. The fourth-order valence-electron chi connectivity index (χ4n) is 1.03. The predicted molar refractivity (Wildman–Crippen MR) is 55.4 cm³/mol. The van der Waals surface area contributed by atoms with Crippen LogP contribution in [0.2, 0.25) is 0 Å². The van der Waals surface area contributed by atoms with E-state index in [0.29, 0.717) is 16.9 Å². The van der Waals surface area contributed by atoms with E-state index in [1.807, 2.05) is 0 Å². The maximum atomic E-state index is 5.42. The number of oxazole rings is 1. The summed E-state index contributed by atoms with van der Waals surface area (Å²) in [6.45, 7) is 0.607. The molecule has 0 saturated heterocycles. The van der Waals surface area contributed by atoms with E-state index in [-0.39, 0.29) is 0 Å². The first-order valence-electron chi connectivity index (χ1n) is 4.47. The molecule has 0 aliphatic heterocycles. The van der Waals surface area contributed by atoms with Gasteiger partial charge in [0.1, 0.15) is 6.26 Å². The van der Waals surface area contributed by atoms with Crippen LogP contribution in [0.1, 0.15) is 5.56 Å². The zero-order valence-corrected chi connectivity index (χ0v) is 8.78. The van der Waals surface area contributed by atoms with Gasteiger partial charge in [-0.2, -0.15) is 0 Å². The van der Waals surface area contributed by atoms with Crippen LogP contribution in [0.3, 0.4) is 0 Å². The van der Waals surface area contributed by atoms with Crippen molar-refractivity contribution in [3.05, 3.63) is 30.4 Å². The SMILES string of the molecule is NCCc1cnc(Sc2ncco2)nc1. The zero-order valence-electron chi connectivity index (χ0n) is 7.96. The van der Waals surface area contributed by atoms with Crippen LogP contribution in [-0.4, -0.2) is 21.5 Å². The molecular weight excluding hydrogens is 212 g/mol. The predicted octanol–water partition coefficient (Wildman–Crippen LogP) is 1.12. The largest absolute Gasteiger partial charge is 0.440 e. The minimum absolute atomic E-state index is 0.543. The normalized spacial score (nSPS) is 10.5. The summed E-state index contributed by atoms with van der Waals surface area (Å²) in [6.07, 6.45) is 7.44. The maximum Gasteiger partial charge on any atom is 0.263 e. The molecule has 0 aliphatic carbocycles. The Hall–Kier alpha value is -1.40. The van der Waals surface area contributed by atoms with E-state index in [1.54, 1.807) is 18.6 Å². The molecule has 0 aliphatic rings. The van der Waals surface area contributed by atoms with Crippen molar-refractivity contribution in [2.45, 2.75) is 16.8 Å². The summed E-state index contributed by atoms with van der Waals surface area (Å²) < 4.78 is 5.07. The number of hydrogen-bond donors (Lipinski definition) is 1. The fourth-order valence-corrected chi connectivity index (χ4v) is 1.61. The van der Waals surface area contributed by atoms with Crippen LogP contribution in [0.15, 0.2) is 39.7 Å². The summed E-state index contributed by atoms with van der Waals surface area (Å²) in [5.41, 5.74) is 6.46. The Kier molecular flexibility index (Phi) is 3.31. The molecule has 0 aromatic carbocycles. The Labute approximate surface area is 91.1 Å². The van der Waals surface area contributed by atoms with Gasteiger partial charge in [0.15, 0.2) is 5.16 Å². The molecule has 0 saturated carbocycles. The van der Waals surface area contributed by atoms with Gasteiger partial charge in [-0.1, -0.05) is 0 Å². The molecule has 0 spiro atoms. The number of aromatic nitrogens is 3. The van der Waals surface area contributed by atoms with E-state index in [1.165, 1.54) is 18.0 Å². The van der Waals surface area contributed by atoms with Gasteiger partial charge in [-0.05, 0) is 18.5 Å². The fraction of sp³-hybridized carbons (Fsp3) is 0.222. The second kappa shape index (κ2) is 4.90. The van der Waals surface area contributed by atoms with Gasteiger partial charge < -0.3 is 10.2 Å². The lowest BCUT2D eigenvalue weighted by Crippen LogP contribution is -2.03. The van der Waals surface area contributed by atoms with E-state index in [2.05, 4.69) is 15.0 Å². The van der Waals surface area contributed by atoms with Gasteiger partial charge in [0, 0.05) is 24.2 Å². The van der Waals surface area contributed by atoms with E-state index < -0.39 is 0 Å². The molecule has 78 valence electrons. The van der Waals surface area contributed by atoms with Gasteiger partial charge >= 0.3 is 0 Å². The molecule has 2 heterocycles. The molecule has 2 aromatic rings. The van der Waals surface area contributed by atoms with Crippen LogP contribution in [0.25, 0.3) is 0 Å². The number of nitrogens with zero attached hydrogens (tertiary/aromatic N) is 3. The highest BCUT2D eigenvalue weighted by molar-refractivity contribution is 7.98. The van der Waals surface area contributed by atoms with Gasteiger partial charge in [0.25, 0.3) is 5.22 Å². The van der Waals surface area contributed by atoms with Crippen molar-refractivity contribution in [1.82, 2.24) is 15.0 Å². The van der Waals surface area contributed by atoms with E-state index in [4.69, 9.17) is 10.2 Å². The molecular formula is C9H10N4OS. The van der Waals surface area contributed by atoms with Crippen molar-refractivity contribution in [2.75, 3.05) is 6.54 Å². The van der Waals surface area contributed by atoms with E-state index >= 15 is 0 Å². The summed E-state index contributed by atoms with van der Waals surface area (Å²) in [5, 5.41) is 1.17. The molecule has 0 amide bonds. The average Bonchev–Trinajstić information content (AvgIpc) is 2.74. The van der Waals surface area contributed by atoms with Crippen molar-refractivity contribution in [3.8, 4) is 0 Å². The maximum absolute atomic E-state index is 5.42. The van der Waals surface area contributed by atoms with Crippen LogP contribution < -0.4 is 5.73 Å². The van der Waals surface area contributed by atoms with Gasteiger partial charge in [-0.15, -0.1) is 0 Å².